The van der Waals surface area contributed by atoms with Crippen LogP contribution in [0.25, 0.3) is 0 Å². The minimum atomic E-state index is -0.910. The maximum Gasteiger partial charge on any atom is 0.333 e. The molecular weight excluding hydrogens is 935 g/mol. The van der Waals surface area contributed by atoms with Gasteiger partial charge in [0.05, 0.1) is 48.8 Å². The first kappa shape index (κ1) is 59.0. The Balaban J connectivity index is 1.21. The van der Waals surface area contributed by atoms with Crippen LogP contribution in [0.5, 0.6) is 0 Å². The van der Waals surface area contributed by atoms with Crippen molar-refractivity contribution >= 4 is 47.1 Å². The molecule has 4 aliphatic rings. The Kier molecular flexibility index (Phi) is 21.9. The number of likely N-dealkylation sites (N-methyl/N-ethyl adjacent to an activating group) is 2. The van der Waals surface area contributed by atoms with E-state index >= 15 is 0 Å². The first-order valence-corrected chi connectivity index (χ1v) is 26.9. The summed E-state index contributed by atoms with van der Waals surface area (Å²) in [4.78, 5) is 124. The van der Waals surface area contributed by atoms with E-state index in [-0.39, 0.29) is 84.7 Å². The molecule has 10 atom stereocenters. The molecule has 17 heteroatoms. The molecule has 1 saturated carbocycles. The number of ether oxygens (including phenoxy) is 2. The zero-order valence-electron chi connectivity index (χ0n) is 45.5. The minimum absolute atomic E-state index is 0.00740. The minimum Gasteiger partial charge on any atom is -0.379 e. The molecule has 0 radical (unpaired) electrons. The molecule has 73 heavy (non-hydrogen) atoms. The summed E-state index contributed by atoms with van der Waals surface area (Å²) in [6.07, 6.45) is 7.05. The summed E-state index contributed by atoms with van der Waals surface area (Å²) < 4.78 is 12.3. The second-order valence-corrected chi connectivity index (χ2v) is 21.8. The zero-order chi connectivity index (χ0) is 53.7. The Morgan fingerprint density at radius 1 is 0.822 bits per heavy atom. The number of ketones is 2. The number of carbonyl (C=O) groups excluding carboxylic acids is 8. The highest BCUT2D eigenvalue weighted by Gasteiger charge is 2.63. The topological polar surface area (TPSA) is 190 Å². The molecule has 2 saturated heterocycles. The third-order valence-corrected chi connectivity index (χ3v) is 16.1. The van der Waals surface area contributed by atoms with Crippen LogP contribution in [0.3, 0.4) is 0 Å². The van der Waals surface area contributed by atoms with Crippen molar-refractivity contribution in [2.45, 2.75) is 168 Å². The largest absolute Gasteiger partial charge is 0.379 e. The van der Waals surface area contributed by atoms with Crippen molar-refractivity contribution in [1.29, 1.82) is 0 Å². The van der Waals surface area contributed by atoms with Gasteiger partial charge in [0.25, 0.3) is 17.7 Å². The van der Waals surface area contributed by atoms with Gasteiger partial charge in [-0.2, -0.15) is 0 Å². The number of unbranched alkanes of at least 4 members (excludes halogenated alkanes) is 2. The summed E-state index contributed by atoms with van der Waals surface area (Å²) >= 11 is 0. The van der Waals surface area contributed by atoms with Crippen molar-refractivity contribution in [2.24, 2.45) is 35.0 Å². The van der Waals surface area contributed by atoms with Crippen molar-refractivity contribution in [3.05, 3.63) is 48.0 Å². The Bertz CT molecular complexity index is 2090. The maximum absolute atomic E-state index is 14.8. The number of Topliss-reactive ketones (excluding diaryl/α,β-unsaturated/α-hetero) is 2. The van der Waals surface area contributed by atoms with Crippen LogP contribution in [0.15, 0.2) is 42.5 Å². The Morgan fingerprint density at radius 3 is 2.10 bits per heavy atom. The number of benzene rings is 1. The van der Waals surface area contributed by atoms with Crippen LogP contribution in [0.4, 0.5) is 0 Å². The summed E-state index contributed by atoms with van der Waals surface area (Å²) in [5.74, 6) is -4.32. The van der Waals surface area contributed by atoms with Crippen LogP contribution in [-0.4, -0.2) is 157 Å². The molecule has 17 nitrogen and oxygen atoms in total. The number of hydroxylamine groups is 4. The number of nitrogens with zero attached hydrogens (tertiary/aromatic N) is 5. The third kappa shape index (κ3) is 14.5. The van der Waals surface area contributed by atoms with E-state index in [9.17, 15) is 38.4 Å². The van der Waals surface area contributed by atoms with Crippen molar-refractivity contribution < 1.29 is 57.5 Å². The lowest BCUT2D eigenvalue weighted by atomic mass is 9.83. The van der Waals surface area contributed by atoms with Gasteiger partial charge >= 0.3 is 5.97 Å². The summed E-state index contributed by atoms with van der Waals surface area (Å²) in [6, 6.07) is 8.52. The van der Waals surface area contributed by atoms with Crippen LogP contribution in [0, 0.1) is 35.0 Å². The fourth-order valence-electron chi connectivity index (χ4n) is 11.7. The van der Waals surface area contributed by atoms with E-state index in [1.165, 1.54) is 5.06 Å². The molecule has 406 valence electrons. The average Bonchev–Trinajstić information content (AvgIpc) is 3.73. The van der Waals surface area contributed by atoms with Gasteiger partial charge in [0.2, 0.25) is 11.8 Å². The first-order valence-electron chi connectivity index (χ1n) is 26.9. The van der Waals surface area contributed by atoms with E-state index < -0.39 is 59.3 Å². The fraction of sp³-hybridized carbons (Fsp3) is 0.714. The SMILES string of the molecule is CC[C@H](C)[C@@H]([C@@H](CC(=O)N1CCC[C@H]1[C@H](OC)[C@@H](C)C(=O)C[C@@]1(C(=O)N2CCCCO2)C[C@@H]1c1ccccc1)OC)N(C)C(=O)[C@@H](CC(=O)[C@H](C(C)C)N(C)CCCCCC(=O)ON1C(=O)C=CC1=O)C(C)C. The van der Waals surface area contributed by atoms with Crippen LogP contribution < -0.4 is 0 Å². The second-order valence-electron chi connectivity index (χ2n) is 21.8. The van der Waals surface area contributed by atoms with Gasteiger partial charge in [-0.25, -0.2) is 9.86 Å². The Hall–Kier alpha value is -4.84. The summed E-state index contributed by atoms with van der Waals surface area (Å²) in [5.41, 5.74) is 0.113. The Labute approximate surface area is 433 Å². The van der Waals surface area contributed by atoms with Gasteiger partial charge in [0, 0.05) is 77.6 Å². The van der Waals surface area contributed by atoms with E-state index in [4.69, 9.17) is 19.1 Å². The normalized spacial score (nSPS) is 22.8. The van der Waals surface area contributed by atoms with Crippen LogP contribution in [0.2, 0.25) is 0 Å². The average molecular weight is 1020 g/mol. The van der Waals surface area contributed by atoms with Gasteiger partial charge in [0.15, 0.2) is 5.78 Å². The molecule has 3 fully saturated rings. The Morgan fingerprint density at radius 2 is 1.51 bits per heavy atom. The monoisotopic (exact) mass is 1020 g/mol. The molecule has 0 spiro atoms. The number of likely N-dealkylation sites (tertiary alicyclic amines) is 1. The van der Waals surface area contributed by atoms with E-state index in [1.54, 1.807) is 26.2 Å². The smallest absolute Gasteiger partial charge is 0.333 e. The predicted octanol–water partition coefficient (Wildman–Crippen LogP) is 6.73. The molecule has 0 N–H and O–H groups in total. The molecule has 1 aliphatic carbocycles. The molecule has 5 rings (SSSR count). The molecule has 1 aromatic carbocycles. The van der Waals surface area contributed by atoms with Crippen molar-refractivity contribution in [3.8, 4) is 0 Å². The number of carbonyl (C=O) groups is 8. The first-order chi connectivity index (χ1) is 34.7. The molecular formula is C56H85N5O12. The summed E-state index contributed by atoms with van der Waals surface area (Å²) in [5, 5.41) is 1.92. The van der Waals surface area contributed by atoms with Crippen LogP contribution >= 0.6 is 0 Å². The molecule has 3 heterocycles. The quantitative estimate of drug-likeness (QED) is 0.0608. The number of amides is 5. The number of methoxy groups -OCH3 is 2. The van der Waals surface area contributed by atoms with Gasteiger partial charge in [-0.05, 0) is 87.8 Å². The molecule has 0 bridgehead atoms. The van der Waals surface area contributed by atoms with Gasteiger partial charge in [-0.3, -0.25) is 43.3 Å². The van der Waals surface area contributed by atoms with Gasteiger partial charge in [-0.1, -0.05) is 96.7 Å². The highest BCUT2D eigenvalue weighted by Crippen LogP contribution is 2.63. The second kappa shape index (κ2) is 27.1. The van der Waals surface area contributed by atoms with Gasteiger partial charge in [-0.15, -0.1) is 0 Å². The van der Waals surface area contributed by atoms with Gasteiger partial charge in [0.1, 0.15) is 5.78 Å². The molecule has 1 aromatic rings. The lowest BCUT2D eigenvalue weighted by Crippen LogP contribution is -2.54. The summed E-state index contributed by atoms with van der Waals surface area (Å²) in [7, 11) is 6.78. The lowest BCUT2D eigenvalue weighted by molar-refractivity contribution is -0.203. The van der Waals surface area contributed by atoms with Crippen molar-refractivity contribution in [1.82, 2.24) is 24.8 Å². The van der Waals surface area contributed by atoms with Crippen molar-refractivity contribution in [2.75, 3.05) is 54.6 Å². The van der Waals surface area contributed by atoms with E-state index in [0.717, 1.165) is 37.0 Å². The number of hydrogen-bond donors (Lipinski definition) is 0. The van der Waals surface area contributed by atoms with Crippen LogP contribution in [-0.2, 0) is 57.5 Å². The fourth-order valence-corrected chi connectivity index (χ4v) is 11.7. The predicted molar refractivity (Wildman–Crippen MR) is 274 cm³/mol. The molecule has 5 amide bonds. The number of hydrogen-bond acceptors (Lipinski definition) is 13. The maximum atomic E-state index is 14.8. The number of imide groups is 1. The standard InChI is InChI=1S/C56H85N5O12/c1-12-38(6)52(58(9)54(68)41(36(2)3)32-44(62)51(37(4)5)57(8)28-18-14-17-25-50(67)73-61-47(64)26-27-48(61)65)46(70-10)33-49(66)59-29-21-24-43(59)53(71-11)39(7)45(63)35-56(55(69)60-30-19-20-31-72-60)34-42(56)40-22-15-13-16-23-40/h13,15-16,22-23,26-27,36-39,41-43,46,51-53H,12,14,17-21,24-25,28-35H2,1-11H3/t38-,39-,41-,42+,43-,46+,51-,52-,53+,56-/m0/s1. The highest BCUT2D eigenvalue weighted by molar-refractivity contribution is 6.12. The van der Waals surface area contributed by atoms with Gasteiger partial charge < -0.3 is 24.1 Å². The van der Waals surface area contributed by atoms with E-state index in [0.29, 0.717) is 69.8 Å². The molecule has 0 aromatic heterocycles. The zero-order valence-corrected chi connectivity index (χ0v) is 45.5. The molecule has 0 unspecified atom stereocenters. The lowest BCUT2D eigenvalue weighted by Gasteiger charge is -2.41. The van der Waals surface area contributed by atoms with E-state index in [2.05, 4.69) is 0 Å². The van der Waals surface area contributed by atoms with E-state index in [1.807, 2.05) is 95.6 Å². The van der Waals surface area contributed by atoms with Crippen LogP contribution in [0.1, 0.15) is 143 Å². The van der Waals surface area contributed by atoms with Crippen molar-refractivity contribution in [3.63, 3.8) is 0 Å². The highest BCUT2D eigenvalue weighted by atomic mass is 16.7. The summed E-state index contributed by atoms with van der Waals surface area (Å²) in [6.45, 7) is 15.8. The third-order valence-electron chi connectivity index (χ3n) is 16.1. The molecule has 3 aliphatic heterocycles. The number of rotatable bonds is 29.